The molecule has 7 heteroatoms. The van der Waals surface area contributed by atoms with Crippen molar-refractivity contribution in [3.63, 3.8) is 0 Å². The summed E-state index contributed by atoms with van der Waals surface area (Å²) in [6.45, 7) is 10.9. The largest absolute Gasteiger partial charge is 0.457 e. The molecule has 0 saturated heterocycles. The van der Waals surface area contributed by atoms with Gasteiger partial charge in [-0.3, -0.25) is 0 Å². The van der Waals surface area contributed by atoms with Crippen molar-refractivity contribution in [2.24, 2.45) is 0 Å². The standard InChI is InChI=1S/C18H28F2N2O3/c1-6-7-8-9-10-11-18(19,20)16-21-14(22-25-16)12-13(2)15(23)24-17(3,4)5/h2,6-12H2,1,3-5H3. The lowest BCUT2D eigenvalue weighted by Crippen LogP contribution is -2.25. The Bertz CT molecular complexity index is 577. The minimum Gasteiger partial charge on any atom is -0.457 e. The van der Waals surface area contributed by atoms with E-state index in [-0.39, 0.29) is 24.2 Å². The van der Waals surface area contributed by atoms with Crippen LogP contribution < -0.4 is 0 Å². The number of halogens is 2. The van der Waals surface area contributed by atoms with Gasteiger partial charge in [0.05, 0.1) is 0 Å². The van der Waals surface area contributed by atoms with Gasteiger partial charge in [0.25, 0.3) is 5.89 Å². The molecule has 0 aliphatic carbocycles. The fraction of sp³-hybridized carbons (Fsp3) is 0.722. The van der Waals surface area contributed by atoms with E-state index in [0.29, 0.717) is 6.42 Å². The number of ether oxygens (including phenoxy) is 1. The Morgan fingerprint density at radius 1 is 1.20 bits per heavy atom. The fourth-order valence-electron chi connectivity index (χ4n) is 2.15. The monoisotopic (exact) mass is 358 g/mol. The summed E-state index contributed by atoms with van der Waals surface area (Å²) in [5.41, 5.74) is -0.571. The highest BCUT2D eigenvalue weighted by Gasteiger charge is 2.37. The molecule has 0 fully saturated rings. The zero-order chi connectivity index (χ0) is 19.1. The summed E-state index contributed by atoms with van der Waals surface area (Å²) in [7, 11) is 0. The summed E-state index contributed by atoms with van der Waals surface area (Å²) >= 11 is 0. The molecule has 0 amide bonds. The lowest BCUT2D eigenvalue weighted by Gasteiger charge is -2.19. The van der Waals surface area contributed by atoms with Crippen LogP contribution in [0.15, 0.2) is 16.7 Å². The molecule has 0 atom stereocenters. The molecule has 142 valence electrons. The number of esters is 1. The number of hydrogen-bond donors (Lipinski definition) is 0. The average Bonchev–Trinajstić information content (AvgIpc) is 2.94. The van der Waals surface area contributed by atoms with Crippen molar-refractivity contribution in [2.45, 2.75) is 84.2 Å². The van der Waals surface area contributed by atoms with Gasteiger partial charge in [0, 0.05) is 18.4 Å². The van der Waals surface area contributed by atoms with E-state index in [1.165, 1.54) is 0 Å². The minimum absolute atomic E-state index is 0.00322. The molecule has 0 aliphatic rings. The number of carbonyl (C=O) groups excluding carboxylic acids is 1. The molecule has 0 bridgehead atoms. The van der Waals surface area contributed by atoms with E-state index >= 15 is 0 Å². The van der Waals surface area contributed by atoms with E-state index in [1.54, 1.807) is 20.8 Å². The fourth-order valence-corrected chi connectivity index (χ4v) is 2.15. The van der Waals surface area contributed by atoms with Crippen molar-refractivity contribution >= 4 is 5.97 Å². The predicted octanol–water partition coefficient (Wildman–Crippen LogP) is 4.96. The van der Waals surface area contributed by atoms with Gasteiger partial charge in [-0.15, -0.1) is 0 Å². The molecule has 1 aromatic rings. The van der Waals surface area contributed by atoms with Crippen LogP contribution in [0.1, 0.15) is 77.9 Å². The lowest BCUT2D eigenvalue weighted by atomic mass is 10.1. The lowest BCUT2D eigenvalue weighted by molar-refractivity contribution is -0.149. The van der Waals surface area contributed by atoms with Crippen LogP contribution in [0.4, 0.5) is 8.78 Å². The third-order valence-electron chi connectivity index (χ3n) is 3.43. The highest BCUT2D eigenvalue weighted by atomic mass is 19.3. The summed E-state index contributed by atoms with van der Waals surface area (Å²) in [5, 5.41) is 3.52. The smallest absolute Gasteiger partial charge is 0.334 e. The number of hydrogen-bond acceptors (Lipinski definition) is 5. The van der Waals surface area contributed by atoms with Crippen molar-refractivity contribution in [3.05, 3.63) is 23.9 Å². The zero-order valence-corrected chi connectivity index (χ0v) is 15.5. The molecule has 25 heavy (non-hydrogen) atoms. The van der Waals surface area contributed by atoms with Crippen LogP contribution >= 0.6 is 0 Å². The van der Waals surface area contributed by atoms with E-state index < -0.39 is 23.4 Å². The van der Waals surface area contributed by atoms with Crippen LogP contribution in [-0.2, 0) is 21.9 Å². The Morgan fingerprint density at radius 3 is 2.44 bits per heavy atom. The van der Waals surface area contributed by atoms with Crippen LogP contribution in [-0.4, -0.2) is 21.7 Å². The molecule has 0 saturated carbocycles. The molecule has 1 heterocycles. The first-order valence-electron chi connectivity index (χ1n) is 8.67. The van der Waals surface area contributed by atoms with E-state index in [1.807, 2.05) is 0 Å². The second kappa shape index (κ2) is 9.06. The number of aromatic nitrogens is 2. The highest BCUT2D eigenvalue weighted by Crippen LogP contribution is 2.32. The van der Waals surface area contributed by atoms with Crippen LogP contribution in [0.3, 0.4) is 0 Å². The summed E-state index contributed by atoms with van der Waals surface area (Å²) in [4.78, 5) is 15.6. The first kappa shape index (κ1) is 21.3. The van der Waals surface area contributed by atoms with Gasteiger partial charge in [0.2, 0.25) is 0 Å². The first-order valence-corrected chi connectivity index (χ1v) is 8.67. The average molecular weight is 358 g/mol. The van der Waals surface area contributed by atoms with Crippen molar-refractivity contribution in [1.82, 2.24) is 10.1 Å². The molecule has 0 unspecified atom stereocenters. The Hall–Kier alpha value is -1.79. The Balaban J connectivity index is 2.57. The van der Waals surface area contributed by atoms with Crippen LogP contribution in [0.5, 0.6) is 0 Å². The second-order valence-electron chi connectivity index (χ2n) is 7.17. The Kier molecular flexibility index (Phi) is 7.70. The third kappa shape index (κ3) is 7.75. The molecule has 5 nitrogen and oxygen atoms in total. The summed E-state index contributed by atoms with van der Waals surface area (Å²) < 4.78 is 38.0. The minimum atomic E-state index is -3.16. The van der Waals surface area contributed by atoms with Gasteiger partial charge in [0.1, 0.15) is 5.60 Å². The molecule has 0 N–H and O–H groups in total. The first-order chi connectivity index (χ1) is 11.5. The van der Waals surface area contributed by atoms with E-state index in [2.05, 4.69) is 28.2 Å². The quantitative estimate of drug-likeness (QED) is 0.336. The van der Waals surface area contributed by atoms with Gasteiger partial charge < -0.3 is 9.26 Å². The van der Waals surface area contributed by atoms with E-state index in [0.717, 1.165) is 25.7 Å². The number of nitrogens with zero attached hydrogens (tertiary/aromatic N) is 2. The number of alkyl halides is 2. The number of unbranched alkanes of at least 4 members (excludes halogenated alkanes) is 4. The van der Waals surface area contributed by atoms with Crippen LogP contribution in [0, 0.1) is 0 Å². The van der Waals surface area contributed by atoms with Crippen LogP contribution in [0.25, 0.3) is 0 Å². The molecular formula is C18H28F2N2O3. The second-order valence-corrected chi connectivity index (χ2v) is 7.17. The van der Waals surface area contributed by atoms with Gasteiger partial charge in [0.15, 0.2) is 5.82 Å². The summed E-state index contributed by atoms with van der Waals surface area (Å²) in [6, 6.07) is 0. The Morgan fingerprint density at radius 2 is 1.84 bits per heavy atom. The maximum atomic E-state index is 14.1. The maximum Gasteiger partial charge on any atom is 0.334 e. The van der Waals surface area contributed by atoms with Gasteiger partial charge in [-0.2, -0.15) is 13.8 Å². The SMILES string of the molecule is C=C(Cc1noc(C(F)(F)CCCCCCC)n1)C(=O)OC(C)(C)C. The number of carbonyl (C=O) groups is 1. The molecular weight excluding hydrogens is 330 g/mol. The van der Waals surface area contributed by atoms with Crippen molar-refractivity contribution in [3.8, 4) is 0 Å². The third-order valence-corrected chi connectivity index (χ3v) is 3.43. The van der Waals surface area contributed by atoms with Gasteiger partial charge in [-0.25, -0.2) is 4.79 Å². The van der Waals surface area contributed by atoms with Crippen molar-refractivity contribution in [1.29, 1.82) is 0 Å². The molecule has 0 spiro atoms. The Labute approximate surface area is 147 Å². The van der Waals surface area contributed by atoms with Gasteiger partial charge >= 0.3 is 11.9 Å². The van der Waals surface area contributed by atoms with E-state index in [4.69, 9.17) is 4.74 Å². The topological polar surface area (TPSA) is 65.2 Å². The maximum absolute atomic E-state index is 14.1. The van der Waals surface area contributed by atoms with Gasteiger partial charge in [-0.05, 0) is 27.2 Å². The summed E-state index contributed by atoms with van der Waals surface area (Å²) in [6.07, 6.45) is 3.77. The molecule has 1 rings (SSSR count). The predicted molar refractivity (Wildman–Crippen MR) is 90.3 cm³/mol. The highest BCUT2D eigenvalue weighted by molar-refractivity contribution is 5.88. The normalized spacial score (nSPS) is 12.2. The molecule has 1 aromatic heterocycles. The summed E-state index contributed by atoms with van der Waals surface area (Å²) in [5.74, 6) is -4.49. The molecule has 0 aliphatic heterocycles. The number of rotatable bonds is 10. The molecule has 0 aromatic carbocycles. The zero-order valence-electron chi connectivity index (χ0n) is 15.5. The molecule has 0 radical (unpaired) electrons. The van der Waals surface area contributed by atoms with Gasteiger partial charge in [-0.1, -0.05) is 44.3 Å². The van der Waals surface area contributed by atoms with Crippen LogP contribution in [0.2, 0.25) is 0 Å². The van der Waals surface area contributed by atoms with Crippen molar-refractivity contribution in [2.75, 3.05) is 0 Å². The van der Waals surface area contributed by atoms with E-state index in [9.17, 15) is 13.6 Å². The van der Waals surface area contributed by atoms with Crippen molar-refractivity contribution < 1.29 is 22.8 Å².